The van der Waals surface area contributed by atoms with E-state index < -0.39 is 0 Å². The smallest absolute Gasteiger partial charge is 0.0558 e. The fraction of sp³-hybridized carbons (Fsp3) is 0.926. The highest BCUT2D eigenvalue weighted by Gasteiger charge is 2.59. The Morgan fingerprint density at radius 1 is 1.03 bits per heavy atom. The Morgan fingerprint density at radius 2 is 1.83 bits per heavy atom. The zero-order chi connectivity index (χ0) is 21.5. The SMILES string of the molecule is CC(C)CCC[C@@H](C)[C@H]1CC[C@H]2[C@@H]3CCC4=C[C@@H](N=[N+]=[N-])CC[C@]4(C)[C@H]3CC[C@]12C. The van der Waals surface area contributed by atoms with Crippen LogP contribution in [-0.2, 0) is 0 Å². The van der Waals surface area contributed by atoms with Crippen LogP contribution in [0.2, 0.25) is 0 Å². The van der Waals surface area contributed by atoms with Gasteiger partial charge in [-0.25, -0.2) is 0 Å². The molecule has 3 nitrogen and oxygen atoms in total. The molecule has 3 saturated carbocycles. The van der Waals surface area contributed by atoms with Crippen LogP contribution < -0.4 is 0 Å². The third-order valence-corrected chi connectivity index (χ3v) is 10.5. The summed E-state index contributed by atoms with van der Waals surface area (Å²) in [6, 6.07) is 0.103. The molecule has 0 saturated heterocycles. The van der Waals surface area contributed by atoms with E-state index in [1.165, 1.54) is 64.2 Å². The fourth-order valence-electron chi connectivity index (χ4n) is 8.89. The first-order chi connectivity index (χ1) is 14.3. The second-order valence-corrected chi connectivity index (χ2v) is 12.4. The maximum Gasteiger partial charge on any atom is 0.0558 e. The van der Waals surface area contributed by atoms with E-state index >= 15 is 0 Å². The Kier molecular flexibility index (Phi) is 6.33. The number of rotatable bonds is 6. The lowest BCUT2D eigenvalue weighted by Gasteiger charge is -2.59. The number of nitrogens with zero attached hydrogens (tertiary/aromatic N) is 3. The fourth-order valence-corrected chi connectivity index (χ4v) is 8.89. The molecule has 0 amide bonds. The van der Waals surface area contributed by atoms with Gasteiger partial charge in [0.05, 0.1) is 6.04 Å². The summed E-state index contributed by atoms with van der Waals surface area (Å²) < 4.78 is 0. The summed E-state index contributed by atoms with van der Waals surface area (Å²) >= 11 is 0. The minimum Gasteiger partial charge on any atom is -0.0865 e. The molecule has 8 atom stereocenters. The van der Waals surface area contributed by atoms with Crippen molar-refractivity contribution in [3.05, 3.63) is 22.1 Å². The molecule has 4 aliphatic rings. The third kappa shape index (κ3) is 3.74. The van der Waals surface area contributed by atoms with Crippen molar-refractivity contribution >= 4 is 0 Å². The molecule has 3 heteroatoms. The molecule has 30 heavy (non-hydrogen) atoms. The topological polar surface area (TPSA) is 48.8 Å². The molecule has 0 N–H and O–H groups in total. The van der Waals surface area contributed by atoms with Gasteiger partial charge in [-0.05, 0) is 103 Å². The van der Waals surface area contributed by atoms with Crippen molar-refractivity contribution in [1.82, 2.24) is 0 Å². The Morgan fingerprint density at radius 3 is 2.57 bits per heavy atom. The van der Waals surface area contributed by atoms with E-state index in [4.69, 9.17) is 5.53 Å². The van der Waals surface area contributed by atoms with Crippen LogP contribution in [0.15, 0.2) is 16.8 Å². The van der Waals surface area contributed by atoms with Gasteiger partial charge in [-0.15, -0.1) is 0 Å². The summed E-state index contributed by atoms with van der Waals surface area (Å²) in [7, 11) is 0. The predicted octanol–water partition coefficient (Wildman–Crippen LogP) is 8.71. The molecule has 0 aromatic rings. The van der Waals surface area contributed by atoms with Crippen LogP contribution in [0, 0.1) is 46.3 Å². The summed E-state index contributed by atoms with van der Waals surface area (Å²) in [5.41, 5.74) is 11.5. The van der Waals surface area contributed by atoms with Crippen molar-refractivity contribution in [3.63, 3.8) is 0 Å². The Labute approximate surface area is 185 Å². The lowest BCUT2D eigenvalue weighted by molar-refractivity contribution is -0.0596. The van der Waals surface area contributed by atoms with Gasteiger partial charge in [0.25, 0.3) is 0 Å². The first kappa shape index (κ1) is 22.3. The molecule has 0 aromatic heterocycles. The van der Waals surface area contributed by atoms with Crippen molar-refractivity contribution in [2.24, 2.45) is 51.5 Å². The van der Waals surface area contributed by atoms with E-state index in [2.05, 4.69) is 50.7 Å². The lowest BCUT2D eigenvalue weighted by atomic mass is 9.46. The monoisotopic (exact) mass is 411 g/mol. The zero-order valence-electron chi connectivity index (χ0n) is 20.2. The lowest BCUT2D eigenvalue weighted by Crippen LogP contribution is -2.51. The van der Waals surface area contributed by atoms with Gasteiger partial charge < -0.3 is 0 Å². The van der Waals surface area contributed by atoms with E-state index in [1.54, 1.807) is 5.57 Å². The highest BCUT2D eigenvalue weighted by molar-refractivity contribution is 5.26. The molecule has 0 spiro atoms. The number of fused-ring (bicyclic) bond motifs is 5. The van der Waals surface area contributed by atoms with Crippen LogP contribution in [-0.4, -0.2) is 6.04 Å². The van der Waals surface area contributed by atoms with Crippen LogP contribution in [0.1, 0.15) is 105 Å². The molecule has 4 rings (SSSR count). The summed E-state index contributed by atoms with van der Waals surface area (Å²) in [4.78, 5) is 3.09. The molecule has 0 radical (unpaired) electrons. The first-order valence-corrected chi connectivity index (χ1v) is 13.0. The quantitative estimate of drug-likeness (QED) is 0.182. The average Bonchev–Trinajstić information content (AvgIpc) is 3.05. The Hall–Kier alpha value is -0.950. The molecule has 3 fully saturated rings. The highest BCUT2D eigenvalue weighted by atomic mass is 15.1. The van der Waals surface area contributed by atoms with E-state index in [0.29, 0.717) is 10.8 Å². The van der Waals surface area contributed by atoms with E-state index in [9.17, 15) is 0 Å². The van der Waals surface area contributed by atoms with Gasteiger partial charge in [0.1, 0.15) is 0 Å². The molecule has 168 valence electrons. The Balaban J connectivity index is 1.49. The molecule has 0 heterocycles. The van der Waals surface area contributed by atoms with Crippen LogP contribution in [0.4, 0.5) is 0 Å². The second-order valence-electron chi connectivity index (χ2n) is 12.4. The highest BCUT2D eigenvalue weighted by Crippen LogP contribution is 2.67. The maximum absolute atomic E-state index is 8.88. The van der Waals surface area contributed by atoms with E-state index in [-0.39, 0.29) is 6.04 Å². The van der Waals surface area contributed by atoms with Crippen molar-refractivity contribution in [1.29, 1.82) is 0 Å². The molecular weight excluding hydrogens is 366 g/mol. The average molecular weight is 412 g/mol. The summed E-state index contributed by atoms with van der Waals surface area (Å²) in [5.74, 6) is 5.42. The molecule has 0 bridgehead atoms. The third-order valence-electron chi connectivity index (χ3n) is 10.5. The van der Waals surface area contributed by atoms with Gasteiger partial charge >= 0.3 is 0 Å². The van der Waals surface area contributed by atoms with Gasteiger partial charge in [0, 0.05) is 4.91 Å². The maximum atomic E-state index is 8.88. The summed E-state index contributed by atoms with van der Waals surface area (Å²) in [6.45, 7) is 12.6. The summed E-state index contributed by atoms with van der Waals surface area (Å²) in [6.07, 6.45) is 17.3. The molecule has 0 aromatic carbocycles. The first-order valence-electron chi connectivity index (χ1n) is 13.0. The van der Waals surface area contributed by atoms with E-state index in [1.807, 2.05) is 0 Å². The van der Waals surface area contributed by atoms with Crippen molar-refractivity contribution in [2.45, 2.75) is 111 Å². The van der Waals surface area contributed by atoms with Gasteiger partial charge in [-0.2, -0.15) is 0 Å². The Bertz CT molecular complexity index is 705. The van der Waals surface area contributed by atoms with Gasteiger partial charge in [0.2, 0.25) is 0 Å². The van der Waals surface area contributed by atoms with Crippen molar-refractivity contribution in [2.75, 3.05) is 0 Å². The second kappa shape index (κ2) is 8.53. The molecule has 0 unspecified atom stereocenters. The molecule has 4 aliphatic carbocycles. The van der Waals surface area contributed by atoms with Gasteiger partial charge in [-0.1, -0.05) is 70.6 Å². The minimum atomic E-state index is 0.103. The van der Waals surface area contributed by atoms with E-state index in [0.717, 1.165) is 41.9 Å². The van der Waals surface area contributed by atoms with Crippen LogP contribution in [0.25, 0.3) is 10.4 Å². The zero-order valence-corrected chi connectivity index (χ0v) is 20.2. The number of allylic oxidation sites excluding steroid dienone is 1. The van der Waals surface area contributed by atoms with Crippen LogP contribution in [0.5, 0.6) is 0 Å². The van der Waals surface area contributed by atoms with Gasteiger partial charge in [-0.3, -0.25) is 0 Å². The summed E-state index contributed by atoms with van der Waals surface area (Å²) in [5, 5.41) is 4.04. The normalized spacial score (nSPS) is 43.8. The van der Waals surface area contributed by atoms with Crippen molar-refractivity contribution < 1.29 is 0 Å². The van der Waals surface area contributed by atoms with Crippen molar-refractivity contribution in [3.8, 4) is 0 Å². The number of azide groups is 1. The van der Waals surface area contributed by atoms with Gasteiger partial charge in [0.15, 0.2) is 0 Å². The number of hydrogen-bond donors (Lipinski definition) is 0. The minimum absolute atomic E-state index is 0.103. The van der Waals surface area contributed by atoms with Crippen LogP contribution in [0.3, 0.4) is 0 Å². The van der Waals surface area contributed by atoms with Crippen LogP contribution >= 0.6 is 0 Å². The molecular formula is C27H45N3. The number of hydrogen-bond acceptors (Lipinski definition) is 1. The largest absolute Gasteiger partial charge is 0.0865 e. The molecule has 0 aliphatic heterocycles. The standard InChI is InChI=1S/C27H45N3/c1-18(2)7-6-8-19(3)23-11-12-24-22-10-9-20-17-21(29-30-28)13-15-26(20,4)25(22)14-16-27(23,24)5/h17-19,21-25H,6-16H2,1-5H3/t19-,21+,22+,23-,24+,25+,26+,27-/m1/s1. The predicted molar refractivity (Wildman–Crippen MR) is 126 cm³/mol.